The number of thiophene rings is 2. The van der Waals surface area contributed by atoms with Crippen molar-refractivity contribution in [2.75, 3.05) is 18.9 Å². The van der Waals surface area contributed by atoms with E-state index in [0.717, 1.165) is 6.54 Å². The lowest BCUT2D eigenvalue weighted by molar-refractivity contribution is -0.438. The summed E-state index contributed by atoms with van der Waals surface area (Å²) in [6.45, 7) is 17.4. The number of benzene rings is 2. The number of unbranched alkanes of at least 4 members (excludes halogenated alkanes) is 1. The van der Waals surface area contributed by atoms with E-state index < -0.39 is 10.1 Å². The minimum absolute atomic E-state index is 0.103. The molecule has 3 aliphatic heterocycles. The van der Waals surface area contributed by atoms with Crippen molar-refractivity contribution in [1.82, 2.24) is 0 Å². The molecule has 1 fully saturated rings. The van der Waals surface area contributed by atoms with Gasteiger partial charge in [-0.15, -0.1) is 22.7 Å². The van der Waals surface area contributed by atoms with Crippen LogP contribution < -0.4 is 0 Å². The molecule has 0 saturated carbocycles. The van der Waals surface area contributed by atoms with Gasteiger partial charge in [-0.05, 0) is 73.8 Å². The summed E-state index contributed by atoms with van der Waals surface area (Å²) in [5.41, 5.74) is 8.50. The van der Waals surface area contributed by atoms with Gasteiger partial charge in [0.2, 0.25) is 5.69 Å². The summed E-state index contributed by atoms with van der Waals surface area (Å²) in [6.07, 6.45) is 3.66. The van der Waals surface area contributed by atoms with Crippen LogP contribution in [0.25, 0.3) is 20.2 Å². The molecule has 0 N–H and O–H groups in total. The highest BCUT2D eigenvalue weighted by Crippen LogP contribution is 2.46. The summed E-state index contributed by atoms with van der Waals surface area (Å²) >= 11 is 3.63. The fraction of sp³-hybridized carbons (Fsp3) is 0.444. The minimum Gasteiger partial charge on any atom is -0.270 e. The third kappa shape index (κ3) is 8.69. The molecular formula is C36H45N2O7S3+. The van der Waals surface area contributed by atoms with Crippen LogP contribution in [0.15, 0.2) is 52.2 Å². The molecule has 0 aliphatic carbocycles. The molecule has 0 unspecified atom stereocenters. The van der Waals surface area contributed by atoms with Gasteiger partial charge in [0.15, 0.2) is 5.71 Å². The molecule has 2 aromatic heterocycles. The van der Waals surface area contributed by atoms with Gasteiger partial charge in [-0.3, -0.25) is 9.18 Å². The first kappa shape index (κ1) is 38.8. The first-order valence-corrected chi connectivity index (χ1v) is 18.6. The predicted octanol–water partition coefficient (Wildman–Crippen LogP) is 8.59. The van der Waals surface area contributed by atoms with Gasteiger partial charge >= 0.3 is 12.3 Å². The van der Waals surface area contributed by atoms with Crippen molar-refractivity contribution in [3.63, 3.8) is 0 Å². The van der Waals surface area contributed by atoms with Crippen LogP contribution in [0.4, 0.5) is 11.4 Å². The number of hydrogen-bond acceptors (Lipinski definition) is 10. The molecule has 4 aromatic rings. The summed E-state index contributed by atoms with van der Waals surface area (Å²) in [7, 11) is -1.80. The molecular weight excluding hydrogens is 669 g/mol. The number of carbonyl (C=O) groups excluding carboxylic acids is 4. The quantitative estimate of drug-likeness (QED) is 0.154. The lowest BCUT2D eigenvalue weighted by Gasteiger charge is -2.19. The largest absolute Gasteiger partial charge is 0.373 e. The van der Waals surface area contributed by atoms with Gasteiger partial charge in [-0.25, -0.2) is 0 Å². The highest BCUT2D eigenvalue weighted by molar-refractivity contribution is 7.86. The highest BCUT2D eigenvalue weighted by Gasteiger charge is 2.43. The monoisotopic (exact) mass is 714 g/mol. The van der Waals surface area contributed by atoms with E-state index in [-0.39, 0.29) is 28.9 Å². The Morgan fingerprint density at radius 2 is 1.44 bits per heavy atom. The Morgan fingerprint density at radius 1 is 0.896 bits per heavy atom. The second-order valence-corrected chi connectivity index (χ2v) is 15.9. The van der Waals surface area contributed by atoms with E-state index in [1.165, 1.54) is 74.3 Å². The van der Waals surface area contributed by atoms with Crippen molar-refractivity contribution in [2.45, 2.75) is 86.0 Å². The third-order valence-electron chi connectivity index (χ3n) is 8.86. The lowest BCUT2D eigenvalue weighted by atomic mass is 9.82. The Hall–Kier alpha value is -3.63. The average molecular weight is 715 g/mol. The van der Waals surface area contributed by atoms with E-state index in [4.69, 9.17) is 25.5 Å². The molecule has 2 aromatic carbocycles. The zero-order valence-electron chi connectivity index (χ0n) is 29.8. The molecule has 1 saturated heterocycles. The molecule has 7 rings (SSSR count). The smallest absolute Gasteiger partial charge is 0.270 e. The Labute approximate surface area is 292 Å². The average Bonchev–Trinajstić information content (AvgIpc) is 3.88. The normalized spacial score (nSPS) is 17.0. The number of aliphatic imine (C=N–C) groups is 1. The maximum Gasteiger partial charge on any atom is 0.373 e. The van der Waals surface area contributed by atoms with Crippen LogP contribution in [-0.2, 0) is 44.3 Å². The van der Waals surface area contributed by atoms with Gasteiger partial charge in [0.05, 0.1) is 28.8 Å². The predicted molar refractivity (Wildman–Crippen MR) is 194 cm³/mol. The second kappa shape index (κ2) is 17.2. The van der Waals surface area contributed by atoms with Crippen LogP contribution in [0.3, 0.4) is 0 Å². The molecule has 0 bridgehead atoms. The summed E-state index contributed by atoms with van der Waals surface area (Å²) in [5.74, 6) is 0.201. The van der Waals surface area contributed by atoms with E-state index in [1.54, 1.807) is 11.3 Å². The number of fused-ring (bicyclic) bond motifs is 6. The van der Waals surface area contributed by atoms with Crippen LogP contribution in [0.1, 0.15) is 87.6 Å². The van der Waals surface area contributed by atoms with Gasteiger partial charge in [0.1, 0.15) is 6.54 Å². The Morgan fingerprint density at radius 3 is 1.94 bits per heavy atom. The fourth-order valence-corrected chi connectivity index (χ4v) is 8.30. The van der Waals surface area contributed by atoms with Gasteiger partial charge in [0.25, 0.3) is 10.1 Å². The van der Waals surface area contributed by atoms with E-state index in [0.29, 0.717) is 13.0 Å². The lowest BCUT2D eigenvalue weighted by Crippen LogP contribution is -2.26. The molecule has 48 heavy (non-hydrogen) atoms. The van der Waals surface area contributed by atoms with Crippen molar-refractivity contribution >= 4 is 88.1 Å². The van der Waals surface area contributed by atoms with Crippen molar-refractivity contribution in [2.24, 2.45) is 4.99 Å². The molecule has 0 atom stereocenters. The van der Waals surface area contributed by atoms with Crippen LogP contribution in [-0.4, -0.2) is 55.6 Å². The molecule has 0 spiro atoms. The van der Waals surface area contributed by atoms with Crippen molar-refractivity contribution in [3.8, 4) is 0 Å². The SMILES string of the molecule is CC1=Nc2c(ccc3sccc23)C1(C)C.CCCC[N+]1=C(C)C(C)(C)c2ccc3sccc3c21.O=C=O.O=C=O.O=S1(=O)CCCO1.[2H]C. The highest BCUT2D eigenvalue weighted by atomic mass is 32.2. The van der Waals surface area contributed by atoms with E-state index in [2.05, 4.69) is 104 Å². The Kier molecular flexibility index (Phi) is 13.9. The van der Waals surface area contributed by atoms with E-state index in [9.17, 15) is 8.42 Å². The molecule has 258 valence electrons. The van der Waals surface area contributed by atoms with Gasteiger partial charge in [-0.2, -0.15) is 32.2 Å². The van der Waals surface area contributed by atoms with Crippen molar-refractivity contribution < 1.29 is 37.7 Å². The summed E-state index contributed by atoms with van der Waals surface area (Å²) in [4.78, 5) is 37.2. The molecule has 3 aliphatic rings. The van der Waals surface area contributed by atoms with Crippen molar-refractivity contribution in [3.05, 3.63) is 58.3 Å². The molecule has 9 nitrogen and oxygen atoms in total. The molecule has 12 heteroatoms. The van der Waals surface area contributed by atoms with E-state index >= 15 is 0 Å². The standard InChI is InChI=1S/C17H22NS.C13H13NS.C3H6O3S.2CO2.CH4/c1-5-6-10-18-12(2)17(3,4)14-7-8-15-13(16(14)18)9-11-19-15;1-8-13(2,3)10-4-5-11-9(6-7-15-11)12(10)14-8;4-7(5)3-1-2-6-7;2*2-1-3;/h7-9,11H,5-6,10H2,1-4H3;4-7H,1-3H3;1-3H2;;;1H4/q+1;;;;;/i;;;;;1D. The topological polar surface area (TPSA) is 127 Å². The van der Waals surface area contributed by atoms with Gasteiger partial charge in [0, 0.05) is 46.2 Å². The number of nitrogens with zero attached hydrogens (tertiary/aromatic N) is 2. The fourth-order valence-electron chi connectivity index (χ4n) is 5.76. The maximum absolute atomic E-state index is 10.2. The summed E-state index contributed by atoms with van der Waals surface area (Å²) in [6, 6.07) is 13.5. The van der Waals surface area contributed by atoms with Crippen LogP contribution >= 0.6 is 22.7 Å². The van der Waals surface area contributed by atoms with Crippen LogP contribution in [0.2, 0.25) is 0 Å². The first-order valence-electron chi connectivity index (χ1n) is 16.3. The molecule has 0 radical (unpaired) electrons. The molecule has 0 amide bonds. The Balaban J connectivity index is 0.000000246. The zero-order chi connectivity index (χ0) is 37.0. The van der Waals surface area contributed by atoms with Crippen LogP contribution in [0.5, 0.6) is 0 Å². The van der Waals surface area contributed by atoms with Gasteiger partial charge < -0.3 is 0 Å². The summed E-state index contributed by atoms with van der Waals surface area (Å²) in [5, 5.41) is 7.09. The number of hydrogen-bond donors (Lipinski definition) is 0. The van der Waals surface area contributed by atoms with Crippen molar-refractivity contribution in [1.29, 1.82) is 0 Å². The van der Waals surface area contributed by atoms with E-state index in [1.807, 2.05) is 11.3 Å². The third-order valence-corrected chi connectivity index (χ3v) is 11.9. The first-order chi connectivity index (χ1) is 23.2. The number of rotatable bonds is 3. The molecule has 5 heterocycles. The second-order valence-electron chi connectivity index (χ2n) is 12.2. The maximum atomic E-state index is 10.2. The van der Waals surface area contributed by atoms with Gasteiger partial charge in [-0.1, -0.05) is 40.7 Å². The van der Waals surface area contributed by atoms with Crippen LogP contribution in [0, 0.1) is 0 Å². The zero-order valence-corrected chi connectivity index (χ0v) is 31.3. The summed E-state index contributed by atoms with van der Waals surface area (Å²) < 4.78 is 35.8. The minimum atomic E-state index is -3.05. The Bertz CT molecular complexity index is 1950.